The number of aromatic nitrogens is 1. The fourth-order valence-corrected chi connectivity index (χ4v) is 4.93. The fraction of sp³-hybridized carbons (Fsp3) is 0.192. The lowest BCUT2D eigenvalue weighted by Crippen LogP contribution is -2.41. The van der Waals surface area contributed by atoms with Gasteiger partial charge in [-0.05, 0) is 48.4 Å². The summed E-state index contributed by atoms with van der Waals surface area (Å²) in [6.07, 6.45) is -1.86. The Bertz CT molecular complexity index is 1560. The zero-order valence-corrected chi connectivity index (χ0v) is 21.0. The first-order valence-corrected chi connectivity index (χ1v) is 12.2. The minimum absolute atomic E-state index is 0.130. The first kappa shape index (κ1) is 26.4. The molecule has 6 nitrogen and oxygen atoms in total. The number of hydrogen-bond donors (Lipinski definition) is 0. The van der Waals surface area contributed by atoms with Crippen LogP contribution in [0.4, 0.5) is 13.2 Å². The van der Waals surface area contributed by atoms with Gasteiger partial charge >= 0.3 is 12.1 Å². The van der Waals surface area contributed by atoms with E-state index in [1.165, 1.54) is 37.3 Å². The van der Waals surface area contributed by atoms with Crippen LogP contribution in [0.15, 0.2) is 82.2 Å². The highest BCUT2D eigenvalue weighted by molar-refractivity contribution is 7.07. The summed E-state index contributed by atoms with van der Waals surface area (Å²) in [5.41, 5.74) is -1.94. The highest BCUT2D eigenvalue weighted by Gasteiger charge is 2.45. The number of halogens is 4. The highest BCUT2D eigenvalue weighted by Crippen LogP contribution is 2.38. The summed E-state index contributed by atoms with van der Waals surface area (Å²) in [5, 5.41) is 0.340. The molecule has 0 fully saturated rings. The van der Waals surface area contributed by atoms with E-state index in [4.69, 9.17) is 21.1 Å². The van der Waals surface area contributed by atoms with E-state index in [2.05, 4.69) is 11.6 Å². The van der Waals surface area contributed by atoms with Gasteiger partial charge in [0.2, 0.25) is 0 Å². The molecule has 0 saturated heterocycles. The molecule has 0 amide bonds. The van der Waals surface area contributed by atoms with E-state index in [1.54, 1.807) is 30.3 Å². The van der Waals surface area contributed by atoms with Crippen LogP contribution >= 0.6 is 22.9 Å². The monoisotopic (exact) mass is 548 g/mol. The molecule has 2 heterocycles. The lowest BCUT2D eigenvalue weighted by Gasteiger charge is -2.26. The van der Waals surface area contributed by atoms with Crippen molar-refractivity contribution in [2.24, 2.45) is 4.99 Å². The molecule has 1 aliphatic heterocycles. The maximum Gasteiger partial charge on any atom is 0.434 e. The number of rotatable bonds is 7. The van der Waals surface area contributed by atoms with Crippen LogP contribution in [0.2, 0.25) is 5.02 Å². The van der Waals surface area contributed by atoms with Gasteiger partial charge < -0.3 is 9.47 Å². The van der Waals surface area contributed by atoms with Gasteiger partial charge in [-0.15, -0.1) is 0 Å². The number of fused-ring (bicyclic) bond motifs is 1. The maximum atomic E-state index is 14.1. The Morgan fingerprint density at radius 2 is 1.97 bits per heavy atom. The van der Waals surface area contributed by atoms with Crippen LogP contribution in [-0.2, 0) is 9.53 Å². The second kappa shape index (κ2) is 10.8. The Balaban J connectivity index is 1.98. The number of alkyl halides is 3. The van der Waals surface area contributed by atoms with Crippen molar-refractivity contribution in [1.29, 1.82) is 0 Å². The molecule has 37 heavy (non-hydrogen) atoms. The van der Waals surface area contributed by atoms with Crippen molar-refractivity contribution < 1.29 is 27.4 Å². The minimum atomic E-state index is -4.97. The predicted molar refractivity (Wildman–Crippen MR) is 134 cm³/mol. The van der Waals surface area contributed by atoms with Crippen molar-refractivity contribution in [3.63, 3.8) is 0 Å². The van der Waals surface area contributed by atoms with E-state index >= 15 is 0 Å². The van der Waals surface area contributed by atoms with Crippen LogP contribution in [0.3, 0.4) is 0 Å². The second-order valence-corrected chi connectivity index (χ2v) is 9.23. The Morgan fingerprint density at radius 1 is 1.24 bits per heavy atom. The number of allylic oxidation sites excluding steroid dienone is 1. The molecule has 3 aromatic rings. The van der Waals surface area contributed by atoms with E-state index in [9.17, 15) is 22.8 Å². The van der Waals surface area contributed by atoms with Crippen molar-refractivity contribution in [1.82, 2.24) is 4.57 Å². The van der Waals surface area contributed by atoms with E-state index in [0.717, 1.165) is 15.9 Å². The molecule has 0 radical (unpaired) electrons. The standard InChI is InChI=1S/C26H20ClF3N2O4S/c1-3-12-36-18-7-5-6-15(13-18)14-19-23(33)32-21(16-8-10-17(27)11-9-16)20(24(34)35-4-2)22(26(28,29)30)31-25(32)37-19/h3,5-11,13-14,21H,1,4,12H2,2H3/b19-14-/t21-/m1/s1. The zero-order valence-electron chi connectivity index (χ0n) is 19.4. The molecule has 0 N–H and O–H groups in total. The number of nitrogens with zero attached hydrogens (tertiary/aromatic N) is 2. The summed E-state index contributed by atoms with van der Waals surface area (Å²) in [7, 11) is 0. The number of benzene rings is 2. The number of ether oxygens (including phenoxy) is 2. The van der Waals surface area contributed by atoms with E-state index in [0.29, 0.717) is 16.3 Å². The van der Waals surface area contributed by atoms with Crippen LogP contribution in [-0.4, -0.2) is 29.9 Å². The molecule has 1 aromatic heterocycles. The number of thiazole rings is 1. The quantitative estimate of drug-likeness (QED) is 0.321. The molecule has 0 aliphatic carbocycles. The summed E-state index contributed by atoms with van der Waals surface area (Å²) in [4.78, 5) is 29.9. The third-order valence-electron chi connectivity index (χ3n) is 5.30. The molecule has 4 rings (SSSR count). The van der Waals surface area contributed by atoms with E-state index < -0.39 is 35.0 Å². The lowest BCUT2D eigenvalue weighted by molar-refractivity contribution is -0.140. The van der Waals surface area contributed by atoms with Gasteiger partial charge in [-0.2, -0.15) is 13.2 Å². The summed E-state index contributed by atoms with van der Waals surface area (Å²) in [5.74, 6) is -0.677. The third-order valence-corrected chi connectivity index (χ3v) is 6.54. The molecule has 2 aromatic carbocycles. The molecule has 192 valence electrons. The van der Waals surface area contributed by atoms with E-state index in [1.807, 2.05) is 0 Å². The number of carbonyl (C=O) groups is 1. The number of esters is 1. The molecule has 0 saturated carbocycles. The van der Waals surface area contributed by atoms with Gasteiger partial charge in [-0.1, -0.05) is 59.9 Å². The van der Waals surface area contributed by atoms with Crippen LogP contribution < -0.4 is 19.6 Å². The van der Waals surface area contributed by atoms with Gasteiger partial charge in [0.15, 0.2) is 10.5 Å². The Kier molecular flexibility index (Phi) is 7.70. The Labute approximate surface area is 218 Å². The molecule has 0 spiro atoms. The van der Waals surface area contributed by atoms with E-state index in [-0.39, 0.29) is 28.1 Å². The third kappa shape index (κ3) is 5.55. The molecule has 0 unspecified atom stereocenters. The number of carbonyl (C=O) groups excluding carboxylic acids is 1. The van der Waals surface area contributed by atoms with Crippen LogP contribution in [0.25, 0.3) is 6.08 Å². The van der Waals surface area contributed by atoms with Crippen molar-refractivity contribution in [2.45, 2.75) is 19.1 Å². The summed E-state index contributed by atoms with van der Waals surface area (Å²) < 4.78 is 54.1. The van der Waals surface area contributed by atoms with Crippen molar-refractivity contribution >= 4 is 35.0 Å². The average Bonchev–Trinajstić information content (AvgIpc) is 3.17. The highest BCUT2D eigenvalue weighted by atomic mass is 35.5. The smallest absolute Gasteiger partial charge is 0.434 e. The summed E-state index contributed by atoms with van der Waals surface area (Å²) in [6.45, 7) is 5.20. The minimum Gasteiger partial charge on any atom is -0.490 e. The Morgan fingerprint density at radius 3 is 2.62 bits per heavy atom. The first-order chi connectivity index (χ1) is 17.6. The van der Waals surface area contributed by atoms with Gasteiger partial charge in [-0.25, -0.2) is 9.79 Å². The van der Waals surface area contributed by atoms with Gasteiger partial charge in [0.1, 0.15) is 12.4 Å². The lowest BCUT2D eigenvalue weighted by atomic mass is 9.95. The van der Waals surface area contributed by atoms with Crippen LogP contribution in [0.1, 0.15) is 24.1 Å². The fourth-order valence-electron chi connectivity index (χ4n) is 3.80. The molecule has 0 bridgehead atoms. The summed E-state index contributed by atoms with van der Waals surface area (Å²) >= 11 is 6.77. The van der Waals surface area contributed by atoms with Crippen LogP contribution in [0.5, 0.6) is 5.75 Å². The largest absolute Gasteiger partial charge is 0.490 e. The Hall–Kier alpha value is -3.63. The second-order valence-electron chi connectivity index (χ2n) is 7.79. The first-order valence-electron chi connectivity index (χ1n) is 11.0. The number of hydrogen-bond acceptors (Lipinski definition) is 6. The molecule has 1 atom stereocenters. The average molecular weight is 549 g/mol. The van der Waals surface area contributed by atoms with Crippen molar-refractivity contribution in [3.8, 4) is 5.75 Å². The normalized spacial score (nSPS) is 15.7. The topological polar surface area (TPSA) is 69.9 Å². The SMILES string of the molecule is C=CCOc1cccc(/C=c2\sc3n(c2=O)[C@H](c2ccc(Cl)cc2)C(C(=O)OCC)=C(C(F)(F)F)N=3)c1. The van der Waals surface area contributed by atoms with Gasteiger partial charge in [0.25, 0.3) is 5.56 Å². The van der Waals surface area contributed by atoms with Gasteiger partial charge in [0, 0.05) is 5.02 Å². The molecular formula is C26H20ClF3N2O4S. The van der Waals surface area contributed by atoms with Gasteiger partial charge in [-0.3, -0.25) is 9.36 Å². The maximum absolute atomic E-state index is 14.1. The van der Waals surface area contributed by atoms with Crippen LogP contribution in [0, 0.1) is 0 Å². The molecule has 1 aliphatic rings. The zero-order chi connectivity index (χ0) is 26.7. The van der Waals surface area contributed by atoms with Crippen molar-refractivity contribution in [2.75, 3.05) is 13.2 Å². The molecule has 11 heteroatoms. The summed E-state index contributed by atoms with van der Waals surface area (Å²) in [6, 6.07) is 11.3. The van der Waals surface area contributed by atoms with Gasteiger partial charge in [0.05, 0.1) is 22.8 Å². The van der Waals surface area contributed by atoms with Crippen molar-refractivity contribution in [3.05, 3.63) is 108 Å². The predicted octanol–water partition coefficient (Wildman–Crippen LogP) is 4.56. The molecular weight excluding hydrogens is 529 g/mol.